The van der Waals surface area contributed by atoms with Gasteiger partial charge in [0.2, 0.25) is 0 Å². The van der Waals surface area contributed by atoms with E-state index in [0.717, 1.165) is 0 Å². The van der Waals surface area contributed by atoms with E-state index < -0.39 is 51.8 Å². The summed E-state index contributed by atoms with van der Waals surface area (Å²) in [5.41, 5.74) is 0.593. The lowest BCUT2D eigenvalue weighted by Crippen LogP contribution is -2.53. The van der Waals surface area contributed by atoms with Gasteiger partial charge in [-0.3, -0.25) is 0 Å². The maximum atomic E-state index is 7.28. The molecule has 2 saturated carbocycles. The lowest BCUT2D eigenvalue weighted by molar-refractivity contribution is 0.201. The number of benzene rings is 1. The van der Waals surface area contributed by atoms with E-state index in [1.165, 1.54) is 0 Å². The molecule has 16 heteroatoms. The number of halogens is 16. The molecule has 196 valence electrons. The van der Waals surface area contributed by atoms with E-state index in [2.05, 4.69) is 0 Å². The van der Waals surface area contributed by atoms with Crippen molar-refractivity contribution >= 4 is 186 Å². The minimum atomic E-state index is -2.00. The van der Waals surface area contributed by atoms with Crippen molar-refractivity contribution < 1.29 is 0 Å². The molecule has 5 aliphatic rings. The summed E-state index contributed by atoms with van der Waals surface area (Å²) in [6.45, 7) is 0. The monoisotopic (exact) mass is 804 g/mol. The molecule has 0 spiro atoms. The second-order valence-electron chi connectivity index (χ2n) is 9.34. The van der Waals surface area contributed by atoms with Crippen molar-refractivity contribution in [2.75, 3.05) is 0 Å². The Morgan fingerprint density at radius 3 is 0.889 bits per heavy atom. The highest BCUT2D eigenvalue weighted by atomic mass is 35.5. The molecule has 0 aromatic heterocycles. The summed E-state index contributed by atoms with van der Waals surface area (Å²) < 4.78 is -4.01. The van der Waals surface area contributed by atoms with E-state index >= 15 is 0 Å². The molecule has 1 aromatic carbocycles. The van der Waals surface area contributed by atoms with Gasteiger partial charge in [0.25, 0.3) is 0 Å². The Labute approximate surface area is 285 Å². The van der Waals surface area contributed by atoms with Crippen molar-refractivity contribution in [3.63, 3.8) is 0 Å². The zero-order valence-electron chi connectivity index (χ0n) is 16.4. The Kier molecular flexibility index (Phi) is 6.60. The van der Waals surface area contributed by atoms with Gasteiger partial charge in [0, 0.05) is 23.7 Å². The van der Waals surface area contributed by atoms with Gasteiger partial charge in [0.1, 0.15) is 19.5 Å². The van der Waals surface area contributed by atoms with Gasteiger partial charge in [-0.2, -0.15) is 0 Å². The number of hydrogen-bond acceptors (Lipinski definition) is 0. The first kappa shape index (κ1) is 29.4. The molecular formula is C20H4Cl16. The molecule has 2 fully saturated rings. The lowest BCUT2D eigenvalue weighted by Gasteiger charge is -2.53. The van der Waals surface area contributed by atoms with Crippen molar-refractivity contribution in [3.05, 3.63) is 51.3 Å². The highest BCUT2D eigenvalue weighted by Crippen LogP contribution is 2.89. The van der Waals surface area contributed by atoms with Crippen LogP contribution in [-0.2, 0) is 0 Å². The average Bonchev–Trinajstić information content (AvgIpc) is 3.15. The Morgan fingerprint density at radius 2 is 0.611 bits per heavy atom. The van der Waals surface area contributed by atoms with E-state index in [9.17, 15) is 0 Å². The highest BCUT2D eigenvalue weighted by molar-refractivity contribution is 6.68. The molecule has 0 radical (unpaired) electrons. The third kappa shape index (κ3) is 2.54. The molecular weight excluding hydrogens is 807 g/mol. The van der Waals surface area contributed by atoms with Gasteiger partial charge in [-0.15, -0.1) is 46.4 Å². The van der Waals surface area contributed by atoms with Crippen LogP contribution >= 0.6 is 186 Å². The van der Waals surface area contributed by atoms with Gasteiger partial charge in [-0.1, -0.05) is 139 Å². The van der Waals surface area contributed by atoms with E-state index in [1.807, 2.05) is 0 Å². The lowest BCUT2D eigenvalue weighted by atomic mass is 9.57. The van der Waals surface area contributed by atoms with Gasteiger partial charge in [-0.05, 0) is 11.1 Å². The van der Waals surface area contributed by atoms with Crippen molar-refractivity contribution in [2.45, 2.75) is 40.0 Å². The quantitative estimate of drug-likeness (QED) is 0.139. The summed E-state index contributed by atoms with van der Waals surface area (Å²) in [5.74, 6) is -3.84. The Bertz CT molecular complexity index is 1280. The van der Waals surface area contributed by atoms with E-state index in [4.69, 9.17) is 186 Å². The van der Waals surface area contributed by atoms with Crippen LogP contribution in [0, 0.1) is 11.8 Å². The molecule has 4 unspecified atom stereocenters. The van der Waals surface area contributed by atoms with Crippen molar-refractivity contribution in [1.29, 1.82) is 0 Å². The molecule has 5 aliphatic carbocycles. The average molecular weight is 811 g/mol. The van der Waals surface area contributed by atoms with E-state index in [1.54, 1.807) is 0 Å². The summed E-state index contributed by atoms with van der Waals surface area (Å²) >= 11 is 110. The topological polar surface area (TPSA) is 0 Å². The van der Waals surface area contributed by atoms with Gasteiger partial charge >= 0.3 is 0 Å². The number of alkyl halides is 8. The number of allylic oxidation sites excluding steroid dienone is 4. The van der Waals surface area contributed by atoms with Gasteiger partial charge in [0.05, 0.1) is 40.2 Å². The van der Waals surface area contributed by atoms with Crippen LogP contribution < -0.4 is 0 Å². The Hall–Kier alpha value is 3.34. The molecule has 0 N–H and O–H groups in total. The second kappa shape index (κ2) is 8.08. The maximum absolute atomic E-state index is 7.28. The fourth-order valence-corrected chi connectivity index (χ4v) is 14.2. The molecule has 0 aliphatic heterocycles. The van der Waals surface area contributed by atoms with Crippen molar-refractivity contribution in [1.82, 2.24) is 0 Å². The molecule has 8 atom stereocenters. The van der Waals surface area contributed by atoms with Crippen LogP contribution in [0.3, 0.4) is 0 Å². The van der Waals surface area contributed by atoms with E-state index in [0.29, 0.717) is 11.1 Å². The summed E-state index contributed by atoms with van der Waals surface area (Å²) in [7, 11) is 0. The minimum absolute atomic E-state index is 0.000290. The van der Waals surface area contributed by atoms with Crippen LogP contribution in [0.15, 0.2) is 20.1 Å². The van der Waals surface area contributed by atoms with Crippen LogP contribution in [0.1, 0.15) is 23.0 Å². The smallest absolute Gasteiger partial charge is 0.109 e. The molecule has 0 heterocycles. The predicted molar refractivity (Wildman–Crippen MR) is 160 cm³/mol. The van der Waals surface area contributed by atoms with Crippen LogP contribution in [0.4, 0.5) is 0 Å². The maximum Gasteiger partial charge on any atom is 0.167 e. The number of rotatable bonds is 0. The highest BCUT2D eigenvalue weighted by Gasteiger charge is 2.92. The van der Waals surface area contributed by atoms with Crippen molar-refractivity contribution in [3.8, 4) is 0 Å². The number of hydrogen-bond donors (Lipinski definition) is 0. The molecule has 6 rings (SSSR count). The summed E-state index contributed by atoms with van der Waals surface area (Å²) in [4.78, 5) is -7.28. The van der Waals surface area contributed by atoms with Gasteiger partial charge in [0.15, 0.2) is 8.67 Å². The molecule has 0 nitrogen and oxygen atoms in total. The fraction of sp³-hybridized carbons (Fsp3) is 0.500. The first-order chi connectivity index (χ1) is 16.3. The molecule has 36 heavy (non-hydrogen) atoms. The van der Waals surface area contributed by atoms with E-state index in [-0.39, 0.29) is 40.2 Å². The predicted octanol–water partition coefficient (Wildman–Crippen LogP) is 12.4. The fourth-order valence-electron chi connectivity index (χ4n) is 6.99. The van der Waals surface area contributed by atoms with Gasteiger partial charge in [-0.25, -0.2) is 0 Å². The third-order valence-electron chi connectivity index (χ3n) is 8.34. The van der Waals surface area contributed by atoms with Crippen molar-refractivity contribution in [2.24, 2.45) is 11.8 Å². The van der Waals surface area contributed by atoms with Crippen LogP contribution in [0.5, 0.6) is 0 Å². The first-order valence-electron chi connectivity index (χ1n) is 9.76. The van der Waals surface area contributed by atoms with Crippen LogP contribution in [0.25, 0.3) is 0 Å². The van der Waals surface area contributed by atoms with Crippen LogP contribution in [0.2, 0.25) is 20.1 Å². The SMILES string of the molecule is ClC1=C(Cl)[C@]2(Cl)C3c4c(Cl)c(Cl)c(Cl)c(Cl)c4C4C(C3[C@@]1(Cl)C2(Cl)Cl)[C@@]1(Cl)C(Cl)=C(Cl)[C@]4(Cl)C1(Cl)Cl. The summed E-state index contributed by atoms with van der Waals surface area (Å²) in [5, 5.41) is -0.425. The molecule has 0 saturated heterocycles. The summed E-state index contributed by atoms with van der Waals surface area (Å²) in [6, 6.07) is 0. The Balaban J connectivity index is 1.86. The largest absolute Gasteiger partial charge is 0.167 e. The second-order valence-corrected chi connectivity index (χ2v) is 17.4. The van der Waals surface area contributed by atoms with Crippen LogP contribution in [-0.4, -0.2) is 28.2 Å². The normalized spacial score (nSPS) is 47.0. The third-order valence-corrected chi connectivity index (χ3v) is 18.7. The minimum Gasteiger partial charge on any atom is -0.109 e. The zero-order valence-corrected chi connectivity index (χ0v) is 28.5. The van der Waals surface area contributed by atoms with Gasteiger partial charge < -0.3 is 0 Å². The number of fused-ring (bicyclic) bond motifs is 14. The first-order valence-corrected chi connectivity index (χ1v) is 15.8. The zero-order chi connectivity index (χ0) is 27.1. The standard InChI is InChI=1S/C20H4Cl16/c21-7-1-2(8(22)10(24)9(7)23)4-6(18(32)14(28)12(26)16(4,30)20(18,35)36)5-3(1)15(29)11(25)13(27)17(5,31)19(15,33)34/h3-6H/t3?,4?,5?,6?,15-,16+,17+,18-. The Morgan fingerprint density at radius 1 is 0.361 bits per heavy atom. The molecule has 4 bridgehead atoms. The summed E-state index contributed by atoms with van der Waals surface area (Å²) in [6.07, 6.45) is 0. The molecule has 1 aromatic rings. The molecule has 0 amide bonds.